The second kappa shape index (κ2) is 7.94. The average molecular weight is 338 g/mol. The van der Waals surface area contributed by atoms with E-state index >= 15 is 0 Å². The fourth-order valence-electron chi connectivity index (χ4n) is 3.30. The van der Waals surface area contributed by atoms with Gasteiger partial charge in [0.2, 0.25) is 5.91 Å². The smallest absolute Gasteiger partial charge is 0.306 e. The lowest BCUT2D eigenvalue weighted by molar-refractivity contribution is -0.143. The van der Waals surface area contributed by atoms with E-state index in [2.05, 4.69) is 10.2 Å². The highest BCUT2D eigenvalue weighted by Gasteiger charge is 2.33. The monoisotopic (exact) mass is 338 g/mol. The molecule has 1 heterocycles. The Hall–Kier alpha value is -2.66. The molecule has 0 radical (unpaired) electrons. The molecule has 0 aromatic heterocycles. The molecule has 2 aromatic carbocycles. The van der Waals surface area contributed by atoms with Crippen LogP contribution in [0.5, 0.6) is 0 Å². The van der Waals surface area contributed by atoms with Gasteiger partial charge in [0.15, 0.2) is 0 Å². The van der Waals surface area contributed by atoms with Crippen LogP contribution in [0, 0.1) is 5.92 Å². The normalized spacial score (nSPS) is 17.0. The summed E-state index contributed by atoms with van der Waals surface area (Å²) in [5.41, 5.74) is 1.68. The summed E-state index contributed by atoms with van der Waals surface area (Å²) < 4.78 is 0. The third-order valence-electron chi connectivity index (χ3n) is 4.65. The Bertz CT molecular complexity index is 710. The fraction of sp³-hybridized carbons (Fsp3) is 0.300. The molecule has 1 aliphatic heterocycles. The Labute approximate surface area is 147 Å². The van der Waals surface area contributed by atoms with Gasteiger partial charge in [-0.1, -0.05) is 48.5 Å². The van der Waals surface area contributed by atoms with Crippen molar-refractivity contribution >= 4 is 17.6 Å². The first-order chi connectivity index (χ1) is 12.1. The van der Waals surface area contributed by atoms with Gasteiger partial charge in [0.05, 0.1) is 5.92 Å². The van der Waals surface area contributed by atoms with E-state index in [1.54, 1.807) is 0 Å². The van der Waals surface area contributed by atoms with E-state index in [9.17, 15) is 14.7 Å². The Balaban J connectivity index is 1.79. The van der Waals surface area contributed by atoms with Crippen molar-refractivity contribution in [2.24, 2.45) is 5.92 Å². The number of hydrogen-bond donors (Lipinski definition) is 2. The number of amides is 1. The molecule has 5 heteroatoms. The molecule has 1 amide bonds. The van der Waals surface area contributed by atoms with Gasteiger partial charge in [-0.2, -0.15) is 0 Å². The minimum absolute atomic E-state index is 0.0915. The number of hydrogen-bond acceptors (Lipinski definition) is 3. The summed E-state index contributed by atoms with van der Waals surface area (Å²) in [6.07, 6.45) is 1.13. The number of para-hydroxylation sites is 1. The molecule has 3 rings (SSSR count). The Morgan fingerprint density at radius 2 is 1.52 bits per heavy atom. The minimum Gasteiger partial charge on any atom is -0.481 e. The maximum atomic E-state index is 13.0. The highest BCUT2D eigenvalue weighted by Crippen LogP contribution is 2.28. The number of rotatable bonds is 5. The number of likely N-dealkylation sites (tertiary alicyclic amines) is 1. The quantitative estimate of drug-likeness (QED) is 0.878. The number of aliphatic carboxylic acids is 1. The summed E-state index contributed by atoms with van der Waals surface area (Å²) in [7, 11) is 0. The average Bonchev–Trinajstić information content (AvgIpc) is 2.64. The molecule has 1 saturated heterocycles. The molecule has 0 spiro atoms. The van der Waals surface area contributed by atoms with Crippen molar-refractivity contribution < 1.29 is 14.7 Å². The lowest BCUT2D eigenvalue weighted by Crippen LogP contribution is -2.43. The lowest BCUT2D eigenvalue weighted by Gasteiger charge is -2.35. The maximum absolute atomic E-state index is 13.0. The summed E-state index contributed by atoms with van der Waals surface area (Å²) in [5, 5.41) is 12.2. The molecule has 0 aliphatic carbocycles. The van der Waals surface area contributed by atoms with Gasteiger partial charge in [0, 0.05) is 18.8 Å². The number of nitrogens with one attached hydrogen (secondary N) is 1. The molecule has 1 aliphatic rings. The van der Waals surface area contributed by atoms with Crippen molar-refractivity contribution in [3.8, 4) is 0 Å². The van der Waals surface area contributed by atoms with Crippen molar-refractivity contribution in [2.45, 2.75) is 18.9 Å². The molecule has 2 N–H and O–H groups in total. The molecule has 5 nitrogen and oxygen atoms in total. The van der Waals surface area contributed by atoms with E-state index in [1.165, 1.54) is 0 Å². The van der Waals surface area contributed by atoms with Gasteiger partial charge < -0.3 is 10.4 Å². The summed E-state index contributed by atoms with van der Waals surface area (Å²) in [4.78, 5) is 26.2. The molecule has 1 fully saturated rings. The predicted molar refractivity (Wildman–Crippen MR) is 96.2 cm³/mol. The van der Waals surface area contributed by atoms with Gasteiger partial charge >= 0.3 is 5.97 Å². The first-order valence-corrected chi connectivity index (χ1v) is 8.53. The minimum atomic E-state index is -0.746. The Morgan fingerprint density at radius 1 is 0.960 bits per heavy atom. The van der Waals surface area contributed by atoms with Crippen molar-refractivity contribution in [3.05, 3.63) is 66.2 Å². The van der Waals surface area contributed by atoms with Crippen molar-refractivity contribution in [2.75, 3.05) is 18.4 Å². The van der Waals surface area contributed by atoms with Crippen LogP contribution in [0.25, 0.3) is 0 Å². The number of carbonyl (C=O) groups is 2. The van der Waals surface area contributed by atoms with E-state index in [-0.39, 0.29) is 11.8 Å². The van der Waals surface area contributed by atoms with E-state index < -0.39 is 12.0 Å². The number of carboxylic acid groups (broad SMARTS) is 1. The van der Waals surface area contributed by atoms with E-state index in [0.717, 1.165) is 11.3 Å². The van der Waals surface area contributed by atoms with E-state index in [4.69, 9.17) is 0 Å². The fourth-order valence-corrected chi connectivity index (χ4v) is 3.30. The molecule has 1 atom stereocenters. The highest BCUT2D eigenvalue weighted by molar-refractivity contribution is 5.95. The van der Waals surface area contributed by atoms with Crippen LogP contribution >= 0.6 is 0 Å². The summed E-state index contributed by atoms with van der Waals surface area (Å²) >= 11 is 0. The zero-order chi connectivity index (χ0) is 17.6. The molecule has 1 unspecified atom stereocenters. The molecule has 0 bridgehead atoms. The second-order valence-electron chi connectivity index (χ2n) is 6.32. The van der Waals surface area contributed by atoms with Crippen molar-refractivity contribution in [1.82, 2.24) is 4.90 Å². The van der Waals surface area contributed by atoms with Gasteiger partial charge in [-0.25, -0.2) is 0 Å². The molecule has 25 heavy (non-hydrogen) atoms. The molecular weight excluding hydrogens is 316 g/mol. The molecule has 2 aromatic rings. The number of carboxylic acids is 1. The van der Waals surface area contributed by atoms with Gasteiger partial charge in [-0.05, 0) is 30.5 Å². The van der Waals surface area contributed by atoms with E-state index in [0.29, 0.717) is 25.9 Å². The lowest BCUT2D eigenvalue weighted by atomic mass is 9.94. The first kappa shape index (κ1) is 17.2. The number of benzene rings is 2. The van der Waals surface area contributed by atoms with Crippen LogP contribution in [0.2, 0.25) is 0 Å². The standard InChI is InChI=1S/C20H22N2O3/c23-19(21-17-9-5-2-6-10-17)18(15-7-3-1-4-8-15)22-13-11-16(12-14-22)20(24)25/h1-10,16,18H,11-14H2,(H,21,23)(H,24,25). The van der Waals surface area contributed by atoms with Crippen LogP contribution in [0.1, 0.15) is 24.4 Å². The van der Waals surface area contributed by atoms with Crippen molar-refractivity contribution in [3.63, 3.8) is 0 Å². The van der Waals surface area contributed by atoms with Gasteiger partial charge in [-0.15, -0.1) is 0 Å². The number of carbonyl (C=O) groups excluding carboxylic acids is 1. The van der Waals surface area contributed by atoms with Gasteiger partial charge in [0.25, 0.3) is 0 Å². The van der Waals surface area contributed by atoms with Crippen LogP contribution < -0.4 is 5.32 Å². The number of anilines is 1. The van der Waals surface area contributed by atoms with Gasteiger partial charge in [-0.3, -0.25) is 14.5 Å². The number of nitrogens with zero attached hydrogens (tertiary/aromatic N) is 1. The first-order valence-electron chi connectivity index (χ1n) is 8.53. The zero-order valence-electron chi connectivity index (χ0n) is 14.0. The molecule has 130 valence electrons. The largest absolute Gasteiger partial charge is 0.481 e. The Kier molecular flexibility index (Phi) is 5.46. The number of piperidine rings is 1. The summed E-state index contributed by atoms with van der Waals surface area (Å²) in [5.74, 6) is -1.15. The van der Waals surface area contributed by atoms with Crippen LogP contribution in [0.15, 0.2) is 60.7 Å². The SMILES string of the molecule is O=C(O)C1CCN(C(C(=O)Nc2ccccc2)c2ccccc2)CC1. The molecular formula is C20H22N2O3. The van der Waals surface area contributed by atoms with Crippen molar-refractivity contribution in [1.29, 1.82) is 0 Å². The van der Waals surface area contributed by atoms with Crippen LogP contribution in [0.3, 0.4) is 0 Å². The van der Waals surface area contributed by atoms with Crippen LogP contribution in [-0.2, 0) is 9.59 Å². The second-order valence-corrected chi connectivity index (χ2v) is 6.32. The highest BCUT2D eigenvalue weighted by atomic mass is 16.4. The van der Waals surface area contributed by atoms with Crippen LogP contribution in [-0.4, -0.2) is 35.0 Å². The van der Waals surface area contributed by atoms with Crippen LogP contribution in [0.4, 0.5) is 5.69 Å². The molecule has 0 saturated carbocycles. The maximum Gasteiger partial charge on any atom is 0.306 e. The third-order valence-corrected chi connectivity index (χ3v) is 4.65. The predicted octanol–water partition coefficient (Wildman–Crippen LogP) is 3.16. The third kappa shape index (κ3) is 4.25. The zero-order valence-corrected chi connectivity index (χ0v) is 14.0. The van der Waals surface area contributed by atoms with Gasteiger partial charge in [0.1, 0.15) is 6.04 Å². The summed E-state index contributed by atoms with van der Waals surface area (Å²) in [6.45, 7) is 1.19. The van der Waals surface area contributed by atoms with E-state index in [1.807, 2.05) is 60.7 Å². The Morgan fingerprint density at radius 3 is 2.08 bits per heavy atom. The topological polar surface area (TPSA) is 69.6 Å². The summed E-state index contributed by atoms with van der Waals surface area (Å²) in [6, 6.07) is 18.6.